The number of unbranched alkanes of at least 4 members (excludes halogenated alkanes) is 2. The van der Waals surface area contributed by atoms with Gasteiger partial charge in [-0.15, -0.1) is 0 Å². The van der Waals surface area contributed by atoms with Crippen LogP contribution in [0.2, 0.25) is 0 Å². The molecule has 1 fully saturated rings. The molecule has 0 saturated heterocycles. The standard InChI is InChI=1S/C25H36O5/c1-3-8-19-10-16-22(17-11-19)30-25(28)21-14-12-20(13-15-21)23(26)9-6-5-7-18-29-24(27)4-2/h4,12-15,19,22-23,26H,2-3,5-11,16-18H2,1H3. The zero-order valence-electron chi connectivity index (χ0n) is 18.2. The summed E-state index contributed by atoms with van der Waals surface area (Å²) in [5, 5.41) is 10.3. The second kappa shape index (κ2) is 13.2. The molecule has 1 N–H and O–H groups in total. The molecular formula is C25H36O5. The van der Waals surface area contributed by atoms with Gasteiger partial charge in [-0.05, 0) is 68.6 Å². The summed E-state index contributed by atoms with van der Waals surface area (Å²) in [6.07, 6.45) is 10.4. The summed E-state index contributed by atoms with van der Waals surface area (Å²) in [7, 11) is 0. The number of rotatable bonds is 12. The molecule has 0 heterocycles. The Hall–Kier alpha value is -2.14. The molecule has 0 bridgehead atoms. The van der Waals surface area contributed by atoms with E-state index < -0.39 is 12.1 Å². The molecular weight excluding hydrogens is 380 g/mol. The second-order valence-corrected chi connectivity index (χ2v) is 8.20. The van der Waals surface area contributed by atoms with Gasteiger partial charge in [0.25, 0.3) is 0 Å². The quantitative estimate of drug-likeness (QED) is 0.276. The summed E-state index contributed by atoms with van der Waals surface area (Å²) in [6, 6.07) is 7.06. The van der Waals surface area contributed by atoms with E-state index in [1.807, 2.05) is 0 Å². The van der Waals surface area contributed by atoms with Crippen molar-refractivity contribution < 1.29 is 24.2 Å². The molecule has 1 aliphatic carbocycles. The predicted octanol–water partition coefficient (Wildman–Crippen LogP) is 5.53. The summed E-state index contributed by atoms with van der Waals surface area (Å²) in [5.41, 5.74) is 1.33. The second-order valence-electron chi connectivity index (χ2n) is 8.20. The van der Waals surface area contributed by atoms with Crippen LogP contribution in [0.5, 0.6) is 0 Å². The number of aliphatic hydroxyl groups excluding tert-OH is 1. The van der Waals surface area contributed by atoms with E-state index in [9.17, 15) is 14.7 Å². The summed E-state index contributed by atoms with van der Waals surface area (Å²) in [5.74, 6) is 0.106. The number of carbonyl (C=O) groups excluding carboxylic acids is 2. The lowest BCUT2D eigenvalue weighted by molar-refractivity contribution is -0.137. The van der Waals surface area contributed by atoms with Gasteiger partial charge in [-0.2, -0.15) is 0 Å². The van der Waals surface area contributed by atoms with Crippen molar-refractivity contribution in [1.82, 2.24) is 0 Å². The maximum Gasteiger partial charge on any atom is 0.338 e. The van der Waals surface area contributed by atoms with E-state index in [1.54, 1.807) is 24.3 Å². The third kappa shape index (κ3) is 8.31. The normalized spacial score (nSPS) is 19.7. The van der Waals surface area contributed by atoms with E-state index in [2.05, 4.69) is 13.5 Å². The van der Waals surface area contributed by atoms with Gasteiger partial charge in [0.15, 0.2) is 0 Å². The molecule has 0 aromatic heterocycles. The maximum absolute atomic E-state index is 12.4. The van der Waals surface area contributed by atoms with Gasteiger partial charge in [-0.1, -0.05) is 44.9 Å². The molecule has 1 aromatic rings. The Bertz CT molecular complexity index is 659. The first-order valence-electron chi connectivity index (χ1n) is 11.3. The number of esters is 2. The fraction of sp³-hybridized carbons (Fsp3) is 0.600. The largest absolute Gasteiger partial charge is 0.463 e. The molecule has 0 aliphatic heterocycles. The lowest BCUT2D eigenvalue weighted by Gasteiger charge is -2.28. The van der Waals surface area contributed by atoms with Gasteiger partial charge in [0.1, 0.15) is 6.10 Å². The first-order valence-corrected chi connectivity index (χ1v) is 11.3. The summed E-state index contributed by atoms with van der Waals surface area (Å²) >= 11 is 0. The molecule has 1 saturated carbocycles. The predicted molar refractivity (Wildman–Crippen MR) is 117 cm³/mol. The van der Waals surface area contributed by atoms with Crippen LogP contribution in [0.15, 0.2) is 36.9 Å². The van der Waals surface area contributed by atoms with Crippen LogP contribution in [0.4, 0.5) is 0 Å². The minimum absolute atomic E-state index is 0.0293. The fourth-order valence-corrected chi connectivity index (χ4v) is 4.02. The zero-order chi connectivity index (χ0) is 21.8. The van der Waals surface area contributed by atoms with Gasteiger partial charge >= 0.3 is 11.9 Å². The van der Waals surface area contributed by atoms with Crippen molar-refractivity contribution in [3.8, 4) is 0 Å². The van der Waals surface area contributed by atoms with Crippen LogP contribution < -0.4 is 0 Å². The highest BCUT2D eigenvalue weighted by Crippen LogP contribution is 2.30. The zero-order valence-corrected chi connectivity index (χ0v) is 18.2. The van der Waals surface area contributed by atoms with Gasteiger partial charge in [-0.3, -0.25) is 0 Å². The minimum Gasteiger partial charge on any atom is -0.463 e. The van der Waals surface area contributed by atoms with Gasteiger partial charge in [0, 0.05) is 6.08 Å². The molecule has 1 aliphatic rings. The average Bonchev–Trinajstić information content (AvgIpc) is 2.77. The highest BCUT2D eigenvalue weighted by molar-refractivity contribution is 5.89. The fourth-order valence-electron chi connectivity index (χ4n) is 4.02. The van der Waals surface area contributed by atoms with Crippen molar-refractivity contribution in [3.05, 3.63) is 48.0 Å². The number of ether oxygens (including phenoxy) is 2. The molecule has 5 heteroatoms. The Morgan fingerprint density at radius 3 is 2.47 bits per heavy atom. The molecule has 0 radical (unpaired) electrons. The average molecular weight is 417 g/mol. The summed E-state index contributed by atoms with van der Waals surface area (Å²) in [4.78, 5) is 23.4. The molecule has 1 atom stereocenters. The first-order chi connectivity index (χ1) is 14.5. The van der Waals surface area contributed by atoms with E-state index in [-0.39, 0.29) is 12.1 Å². The molecule has 166 valence electrons. The number of benzene rings is 1. The van der Waals surface area contributed by atoms with Gasteiger partial charge < -0.3 is 14.6 Å². The first kappa shape index (κ1) is 24.1. The number of hydrogen-bond donors (Lipinski definition) is 1. The Labute approximate surface area is 180 Å². The molecule has 2 rings (SSSR count). The van der Waals surface area contributed by atoms with Crippen molar-refractivity contribution >= 4 is 11.9 Å². The Morgan fingerprint density at radius 1 is 1.13 bits per heavy atom. The van der Waals surface area contributed by atoms with Gasteiger partial charge in [-0.25, -0.2) is 9.59 Å². The van der Waals surface area contributed by atoms with Crippen LogP contribution >= 0.6 is 0 Å². The molecule has 1 unspecified atom stereocenters. The van der Waals surface area contributed by atoms with Gasteiger partial charge in [0.2, 0.25) is 0 Å². The minimum atomic E-state index is -0.570. The van der Waals surface area contributed by atoms with Crippen LogP contribution in [-0.2, 0) is 14.3 Å². The van der Waals surface area contributed by atoms with E-state index in [0.717, 1.165) is 62.5 Å². The Kier molecular flexibility index (Phi) is 10.6. The van der Waals surface area contributed by atoms with Crippen molar-refractivity contribution in [3.63, 3.8) is 0 Å². The molecule has 0 spiro atoms. The van der Waals surface area contributed by atoms with E-state index in [0.29, 0.717) is 18.6 Å². The number of carbonyl (C=O) groups is 2. The molecule has 30 heavy (non-hydrogen) atoms. The number of hydrogen-bond acceptors (Lipinski definition) is 5. The van der Waals surface area contributed by atoms with Crippen molar-refractivity contribution in [2.75, 3.05) is 6.61 Å². The van der Waals surface area contributed by atoms with Crippen molar-refractivity contribution in [2.24, 2.45) is 5.92 Å². The van der Waals surface area contributed by atoms with Crippen LogP contribution in [-0.4, -0.2) is 29.8 Å². The van der Waals surface area contributed by atoms with Crippen LogP contribution in [0.1, 0.15) is 93.2 Å². The highest BCUT2D eigenvalue weighted by Gasteiger charge is 2.24. The SMILES string of the molecule is C=CC(=O)OCCCCCC(O)c1ccc(C(=O)OC2CCC(CCC)CC2)cc1. The van der Waals surface area contributed by atoms with E-state index in [1.165, 1.54) is 12.8 Å². The van der Waals surface area contributed by atoms with Crippen LogP contribution in [0, 0.1) is 5.92 Å². The summed E-state index contributed by atoms with van der Waals surface area (Å²) < 4.78 is 10.6. The van der Waals surface area contributed by atoms with Gasteiger partial charge in [0.05, 0.1) is 18.3 Å². The molecule has 0 amide bonds. The summed E-state index contributed by atoms with van der Waals surface area (Å²) in [6.45, 7) is 5.94. The molecule has 5 nitrogen and oxygen atoms in total. The lowest BCUT2D eigenvalue weighted by Crippen LogP contribution is -2.24. The molecule has 1 aromatic carbocycles. The number of aliphatic hydroxyl groups is 1. The monoisotopic (exact) mass is 416 g/mol. The van der Waals surface area contributed by atoms with Crippen molar-refractivity contribution in [2.45, 2.75) is 83.3 Å². The van der Waals surface area contributed by atoms with E-state index in [4.69, 9.17) is 9.47 Å². The lowest BCUT2D eigenvalue weighted by atomic mass is 9.85. The highest BCUT2D eigenvalue weighted by atomic mass is 16.5. The Balaban J connectivity index is 1.69. The van der Waals surface area contributed by atoms with E-state index >= 15 is 0 Å². The topological polar surface area (TPSA) is 72.8 Å². The third-order valence-corrected chi connectivity index (χ3v) is 5.83. The smallest absolute Gasteiger partial charge is 0.338 e. The Morgan fingerprint density at radius 2 is 1.83 bits per heavy atom. The van der Waals surface area contributed by atoms with Crippen LogP contribution in [0.25, 0.3) is 0 Å². The third-order valence-electron chi connectivity index (χ3n) is 5.83. The van der Waals surface area contributed by atoms with Crippen LogP contribution in [0.3, 0.4) is 0 Å². The van der Waals surface area contributed by atoms with Crippen molar-refractivity contribution in [1.29, 1.82) is 0 Å². The maximum atomic E-state index is 12.4.